The van der Waals surface area contributed by atoms with Crippen molar-refractivity contribution < 1.29 is 27.5 Å². The van der Waals surface area contributed by atoms with Crippen LogP contribution in [0.4, 0.5) is 0 Å². The van der Waals surface area contributed by atoms with Crippen LogP contribution in [-0.2, 0) is 21.4 Å². The molecule has 2 heterocycles. The normalized spacial score (nSPS) is 22.2. The number of nitrogens with zero attached hydrogens (tertiary/aromatic N) is 1. The number of hydrogen-bond donors (Lipinski definition) is 2. The molecule has 0 spiro atoms. The lowest BCUT2D eigenvalue weighted by Crippen LogP contribution is -2.43. The number of aliphatic hydroxyl groups is 1. The van der Waals surface area contributed by atoms with Crippen molar-refractivity contribution in [2.24, 2.45) is 5.92 Å². The van der Waals surface area contributed by atoms with E-state index in [1.165, 1.54) is 26.2 Å². The molecule has 8 nitrogen and oxygen atoms in total. The molecule has 1 aliphatic rings. The first kappa shape index (κ1) is 16.9. The minimum Gasteiger partial charge on any atom is -0.453 e. The Labute approximate surface area is 129 Å². The lowest BCUT2D eigenvalue weighted by Gasteiger charge is -2.20. The molecule has 9 heteroatoms. The number of amides is 1. The van der Waals surface area contributed by atoms with E-state index in [1.54, 1.807) is 0 Å². The Kier molecular flexibility index (Phi) is 5.22. The van der Waals surface area contributed by atoms with Gasteiger partial charge in [0.25, 0.3) is 5.91 Å². The third kappa shape index (κ3) is 3.86. The summed E-state index contributed by atoms with van der Waals surface area (Å²) >= 11 is 0. The summed E-state index contributed by atoms with van der Waals surface area (Å²) < 4.78 is 35.5. The van der Waals surface area contributed by atoms with Gasteiger partial charge in [-0.1, -0.05) is 0 Å². The van der Waals surface area contributed by atoms with Crippen LogP contribution in [0, 0.1) is 5.92 Å². The lowest BCUT2D eigenvalue weighted by atomic mass is 10.1. The Morgan fingerprint density at radius 3 is 2.73 bits per heavy atom. The predicted molar refractivity (Wildman–Crippen MR) is 77.7 cm³/mol. The van der Waals surface area contributed by atoms with Crippen LogP contribution in [0.1, 0.15) is 16.3 Å². The first-order chi connectivity index (χ1) is 10.3. The summed E-state index contributed by atoms with van der Waals surface area (Å²) in [6.07, 6.45) is 0. The molecule has 1 saturated heterocycles. The van der Waals surface area contributed by atoms with E-state index in [9.17, 15) is 13.2 Å². The van der Waals surface area contributed by atoms with Crippen molar-refractivity contribution in [3.63, 3.8) is 0 Å². The van der Waals surface area contributed by atoms with Gasteiger partial charge in [0.2, 0.25) is 10.0 Å². The van der Waals surface area contributed by atoms with Crippen molar-refractivity contribution in [1.82, 2.24) is 9.62 Å². The van der Waals surface area contributed by atoms with Gasteiger partial charge >= 0.3 is 0 Å². The summed E-state index contributed by atoms with van der Waals surface area (Å²) in [7, 11) is -0.429. The Morgan fingerprint density at radius 2 is 2.14 bits per heavy atom. The topological polar surface area (TPSA) is 109 Å². The van der Waals surface area contributed by atoms with E-state index >= 15 is 0 Å². The zero-order valence-electron chi connectivity index (χ0n) is 12.5. The van der Waals surface area contributed by atoms with Crippen LogP contribution in [0.5, 0.6) is 0 Å². The molecular formula is C13H20N2O6S. The SMILES string of the molecule is CN(C)S(=O)(=O)C[C@@H]1COC[C@H]1NC(=O)c1ccc(CO)o1. The van der Waals surface area contributed by atoms with Gasteiger partial charge in [-0.2, -0.15) is 0 Å². The molecular weight excluding hydrogens is 312 g/mol. The highest BCUT2D eigenvalue weighted by atomic mass is 32.2. The van der Waals surface area contributed by atoms with E-state index in [1.807, 2.05) is 0 Å². The fourth-order valence-corrected chi connectivity index (χ4v) is 3.33. The molecule has 124 valence electrons. The molecule has 1 fully saturated rings. The summed E-state index contributed by atoms with van der Waals surface area (Å²) in [6.45, 7) is 0.245. The second-order valence-electron chi connectivity index (χ2n) is 5.36. The Hall–Kier alpha value is -1.42. The van der Waals surface area contributed by atoms with Crippen molar-refractivity contribution in [3.8, 4) is 0 Å². The number of rotatable bonds is 6. The lowest BCUT2D eigenvalue weighted by molar-refractivity contribution is 0.0893. The summed E-state index contributed by atoms with van der Waals surface area (Å²) in [5.41, 5.74) is 0. The molecule has 2 atom stereocenters. The van der Waals surface area contributed by atoms with Crippen LogP contribution in [0.25, 0.3) is 0 Å². The smallest absolute Gasteiger partial charge is 0.287 e. The number of hydrogen-bond acceptors (Lipinski definition) is 6. The van der Waals surface area contributed by atoms with E-state index in [0.29, 0.717) is 5.76 Å². The zero-order valence-corrected chi connectivity index (χ0v) is 13.3. The van der Waals surface area contributed by atoms with E-state index in [0.717, 1.165) is 4.31 Å². The highest BCUT2D eigenvalue weighted by Crippen LogP contribution is 2.18. The van der Waals surface area contributed by atoms with Crippen molar-refractivity contribution >= 4 is 15.9 Å². The highest BCUT2D eigenvalue weighted by molar-refractivity contribution is 7.89. The van der Waals surface area contributed by atoms with Crippen LogP contribution in [0.2, 0.25) is 0 Å². The quantitative estimate of drug-likeness (QED) is 0.720. The number of sulfonamides is 1. The van der Waals surface area contributed by atoms with Crippen molar-refractivity contribution in [3.05, 3.63) is 23.7 Å². The molecule has 0 aliphatic carbocycles. The van der Waals surface area contributed by atoms with Crippen LogP contribution >= 0.6 is 0 Å². The Morgan fingerprint density at radius 1 is 1.41 bits per heavy atom. The minimum atomic E-state index is -3.37. The molecule has 22 heavy (non-hydrogen) atoms. The second-order valence-corrected chi connectivity index (χ2v) is 7.59. The minimum absolute atomic E-state index is 0.0742. The maximum atomic E-state index is 12.1. The van der Waals surface area contributed by atoms with Gasteiger partial charge in [0.1, 0.15) is 12.4 Å². The number of carbonyl (C=O) groups is 1. The molecule has 0 aromatic carbocycles. The van der Waals surface area contributed by atoms with Gasteiger partial charge in [0.05, 0.1) is 25.0 Å². The highest BCUT2D eigenvalue weighted by Gasteiger charge is 2.34. The second kappa shape index (κ2) is 6.78. The Balaban J connectivity index is 2.00. The monoisotopic (exact) mass is 332 g/mol. The summed E-state index contributed by atoms with van der Waals surface area (Å²) in [4.78, 5) is 12.1. The van der Waals surface area contributed by atoms with E-state index in [-0.39, 0.29) is 37.3 Å². The number of aliphatic hydroxyl groups excluding tert-OH is 1. The molecule has 0 saturated carbocycles. The average molecular weight is 332 g/mol. The molecule has 0 unspecified atom stereocenters. The van der Waals surface area contributed by atoms with Gasteiger partial charge in [0, 0.05) is 20.0 Å². The van der Waals surface area contributed by atoms with E-state index in [2.05, 4.69) is 5.32 Å². The molecule has 1 aliphatic heterocycles. The van der Waals surface area contributed by atoms with Crippen LogP contribution < -0.4 is 5.32 Å². The van der Waals surface area contributed by atoms with Gasteiger partial charge in [-0.15, -0.1) is 0 Å². The van der Waals surface area contributed by atoms with Gasteiger partial charge in [-0.25, -0.2) is 12.7 Å². The van der Waals surface area contributed by atoms with Crippen LogP contribution in [0.3, 0.4) is 0 Å². The van der Waals surface area contributed by atoms with Gasteiger partial charge in [0.15, 0.2) is 5.76 Å². The van der Waals surface area contributed by atoms with Gasteiger partial charge < -0.3 is 19.6 Å². The van der Waals surface area contributed by atoms with Gasteiger partial charge in [-0.05, 0) is 12.1 Å². The average Bonchev–Trinajstić information content (AvgIpc) is 3.08. The number of nitrogens with one attached hydrogen (secondary N) is 1. The number of furan rings is 1. The molecule has 1 aromatic rings. The predicted octanol–water partition coefficient (Wildman–Crippen LogP) is -0.592. The van der Waals surface area contributed by atoms with Gasteiger partial charge in [-0.3, -0.25) is 4.79 Å². The molecule has 0 bridgehead atoms. The first-order valence-corrected chi connectivity index (χ1v) is 8.43. The van der Waals surface area contributed by atoms with E-state index < -0.39 is 22.0 Å². The molecule has 0 radical (unpaired) electrons. The molecule has 2 N–H and O–H groups in total. The fraction of sp³-hybridized carbons (Fsp3) is 0.615. The Bertz CT molecular complexity index is 624. The van der Waals surface area contributed by atoms with E-state index in [4.69, 9.17) is 14.3 Å². The summed E-state index contributed by atoms with van der Waals surface area (Å²) in [5.74, 6) is -0.499. The van der Waals surface area contributed by atoms with Crippen molar-refractivity contribution in [1.29, 1.82) is 0 Å². The molecule has 2 rings (SSSR count). The van der Waals surface area contributed by atoms with Crippen LogP contribution in [-0.4, -0.2) is 62.8 Å². The van der Waals surface area contributed by atoms with Crippen molar-refractivity contribution in [2.45, 2.75) is 12.6 Å². The number of carbonyl (C=O) groups excluding carboxylic acids is 1. The van der Waals surface area contributed by atoms with Crippen molar-refractivity contribution in [2.75, 3.05) is 33.1 Å². The number of ether oxygens (including phenoxy) is 1. The standard InChI is InChI=1S/C13H20N2O6S/c1-15(2)22(18,19)8-9-6-20-7-11(9)14-13(17)12-4-3-10(5-16)21-12/h3-4,9,11,16H,5-8H2,1-2H3,(H,14,17)/t9-,11+/m0/s1. The summed E-state index contributed by atoms with van der Waals surface area (Å²) in [5, 5.41) is 11.6. The first-order valence-electron chi connectivity index (χ1n) is 6.82. The third-order valence-electron chi connectivity index (χ3n) is 3.54. The maximum absolute atomic E-state index is 12.1. The fourth-order valence-electron chi connectivity index (χ4n) is 2.17. The largest absolute Gasteiger partial charge is 0.453 e. The van der Waals surface area contributed by atoms with Crippen LogP contribution in [0.15, 0.2) is 16.5 Å². The zero-order chi connectivity index (χ0) is 16.3. The molecule has 1 aromatic heterocycles. The molecule has 1 amide bonds. The third-order valence-corrected chi connectivity index (χ3v) is 5.50. The summed E-state index contributed by atoms with van der Waals surface area (Å²) in [6, 6.07) is 2.57. The maximum Gasteiger partial charge on any atom is 0.287 e.